The largest absolute Gasteiger partial charge is 0.204 e. The Morgan fingerprint density at radius 2 is 1.52 bits per heavy atom. The highest BCUT2D eigenvalue weighted by Crippen LogP contribution is 2.44. The quantitative estimate of drug-likeness (QED) is 0.389. The molecule has 2 aliphatic carbocycles. The Bertz CT molecular complexity index is 701. The van der Waals surface area contributed by atoms with Crippen LogP contribution in [0, 0.1) is 35.2 Å². The average molecular weight is 354 g/mol. The van der Waals surface area contributed by atoms with Crippen LogP contribution < -0.4 is 0 Å². The van der Waals surface area contributed by atoms with E-state index in [-0.39, 0.29) is 17.8 Å². The van der Waals surface area contributed by atoms with E-state index in [1.807, 2.05) is 0 Å². The van der Waals surface area contributed by atoms with Crippen molar-refractivity contribution in [1.29, 1.82) is 0 Å². The van der Waals surface area contributed by atoms with E-state index in [0.717, 1.165) is 25.0 Å². The van der Waals surface area contributed by atoms with Crippen molar-refractivity contribution in [1.82, 2.24) is 0 Å². The molecule has 0 radical (unpaired) electrons. The van der Waals surface area contributed by atoms with E-state index in [9.17, 15) is 13.2 Å². The number of allylic oxidation sites excluding steroid dienone is 1. The summed E-state index contributed by atoms with van der Waals surface area (Å²) in [5.74, 6) is -4.29. The van der Waals surface area contributed by atoms with Crippen LogP contribution in [0.3, 0.4) is 0 Å². The third-order valence-corrected chi connectivity index (χ3v) is 5.83. The van der Waals surface area contributed by atoms with Crippen molar-refractivity contribution in [3.63, 3.8) is 0 Å². The Morgan fingerprint density at radius 1 is 0.960 bits per heavy atom. The molecule has 0 N–H and O–H groups in total. The fourth-order valence-corrected chi connectivity index (χ4v) is 4.29. The van der Waals surface area contributed by atoms with Gasteiger partial charge in [-0.2, -0.15) is 0 Å². The number of hydrogen-bond donors (Lipinski definition) is 0. The molecule has 138 valence electrons. The molecular weight excluding hydrogens is 321 g/mol. The Morgan fingerprint density at radius 3 is 2.08 bits per heavy atom. The van der Waals surface area contributed by atoms with Gasteiger partial charge >= 0.3 is 0 Å². The zero-order valence-electron chi connectivity index (χ0n) is 18.5. The molecule has 3 heteroatoms. The molecule has 2 fully saturated rings. The Kier molecular flexibility index (Phi) is 4.68. The smallest absolute Gasteiger partial charge is 0.194 e. The van der Waals surface area contributed by atoms with Gasteiger partial charge < -0.3 is 0 Å². The fraction of sp³-hybridized carbons (Fsp3) is 0.636. The highest BCUT2D eigenvalue weighted by Gasteiger charge is 2.31. The number of benzene rings is 1. The lowest BCUT2D eigenvalue weighted by Gasteiger charge is -2.38. The van der Waals surface area contributed by atoms with Crippen molar-refractivity contribution in [2.24, 2.45) is 17.8 Å². The monoisotopic (exact) mass is 354 g/mol. The van der Waals surface area contributed by atoms with Crippen LogP contribution in [-0.2, 0) is 0 Å². The molecule has 0 spiro atoms. The van der Waals surface area contributed by atoms with Crippen LogP contribution in [0.25, 0.3) is 0 Å². The molecule has 1 aromatic carbocycles. The Labute approximate surface area is 155 Å². The second-order valence-electron chi connectivity index (χ2n) is 7.41. The van der Waals surface area contributed by atoms with Crippen LogP contribution in [0.15, 0.2) is 24.8 Å². The number of halogens is 3. The minimum atomic E-state index is -1.56. The van der Waals surface area contributed by atoms with Crippen LogP contribution in [0.4, 0.5) is 13.2 Å². The molecule has 0 heterocycles. The van der Waals surface area contributed by atoms with Gasteiger partial charge in [-0.15, -0.1) is 6.58 Å². The first-order valence-corrected chi connectivity index (χ1v) is 9.30. The molecule has 0 aromatic heterocycles. The Balaban J connectivity index is 1.66. The summed E-state index contributed by atoms with van der Waals surface area (Å²) >= 11 is 0. The molecule has 0 aliphatic heterocycles. The van der Waals surface area contributed by atoms with Gasteiger partial charge in [-0.05, 0) is 92.7 Å². The number of hydrogen-bond acceptors (Lipinski definition) is 0. The molecule has 0 nitrogen and oxygen atoms in total. The standard InChI is InChI=1S/C22H29F3/c1-2-3-4-15-5-7-16(8-6-15)17-9-11-18(12-10-17)19-13-20(23)22(25)21(24)14-19/h2,13-18H,1,3-12H2/i5D2,6D2. The van der Waals surface area contributed by atoms with E-state index < -0.39 is 36.1 Å². The van der Waals surface area contributed by atoms with Crippen LogP contribution >= 0.6 is 0 Å². The minimum Gasteiger partial charge on any atom is -0.204 e. The van der Waals surface area contributed by atoms with Crippen molar-refractivity contribution >= 4 is 0 Å². The van der Waals surface area contributed by atoms with E-state index in [1.54, 1.807) is 6.08 Å². The van der Waals surface area contributed by atoms with Crippen molar-refractivity contribution in [2.45, 2.75) is 70.0 Å². The van der Waals surface area contributed by atoms with Crippen LogP contribution in [0.5, 0.6) is 0 Å². The molecule has 0 bridgehead atoms. The maximum absolute atomic E-state index is 13.6. The second kappa shape index (κ2) is 8.42. The second-order valence-corrected chi connectivity index (χ2v) is 7.41. The first-order chi connectivity index (χ1) is 13.5. The first-order valence-electron chi connectivity index (χ1n) is 11.3. The highest BCUT2D eigenvalue weighted by atomic mass is 19.2. The van der Waals surface area contributed by atoms with E-state index in [0.29, 0.717) is 44.1 Å². The molecule has 0 saturated heterocycles. The van der Waals surface area contributed by atoms with Gasteiger partial charge in [0.25, 0.3) is 0 Å². The summed E-state index contributed by atoms with van der Waals surface area (Å²) in [7, 11) is 0. The summed E-state index contributed by atoms with van der Waals surface area (Å²) in [6.45, 7) is 3.66. The molecule has 25 heavy (non-hydrogen) atoms. The Hall–Kier alpha value is -1.25. The van der Waals surface area contributed by atoms with Gasteiger partial charge in [-0.1, -0.05) is 18.8 Å². The van der Waals surface area contributed by atoms with Crippen molar-refractivity contribution < 1.29 is 18.7 Å². The lowest BCUT2D eigenvalue weighted by Crippen LogP contribution is -2.25. The minimum absolute atomic E-state index is 0.0392. The fourth-order valence-electron chi connectivity index (χ4n) is 4.29. The lowest BCUT2D eigenvalue weighted by atomic mass is 9.68. The van der Waals surface area contributed by atoms with Crippen LogP contribution in [-0.4, -0.2) is 0 Å². The molecular formula is C22H29F3. The molecule has 0 amide bonds. The van der Waals surface area contributed by atoms with Crippen molar-refractivity contribution in [3.8, 4) is 0 Å². The van der Waals surface area contributed by atoms with Crippen molar-refractivity contribution in [3.05, 3.63) is 47.8 Å². The normalized spacial score (nSPS) is 36.6. The average Bonchev–Trinajstić information content (AvgIpc) is 2.64. The van der Waals surface area contributed by atoms with Gasteiger partial charge in [0, 0.05) is 5.48 Å². The van der Waals surface area contributed by atoms with E-state index in [1.165, 1.54) is 0 Å². The van der Waals surface area contributed by atoms with Gasteiger partial charge in [0.2, 0.25) is 0 Å². The maximum Gasteiger partial charge on any atom is 0.194 e. The third kappa shape index (κ3) is 4.48. The van der Waals surface area contributed by atoms with Gasteiger partial charge in [0.1, 0.15) is 0 Å². The van der Waals surface area contributed by atoms with Crippen LogP contribution in [0.1, 0.15) is 81.1 Å². The summed E-state index contributed by atoms with van der Waals surface area (Å²) < 4.78 is 74.2. The third-order valence-electron chi connectivity index (χ3n) is 5.83. The van der Waals surface area contributed by atoms with E-state index >= 15 is 0 Å². The summed E-state index contributed by atoms with van der Waals surface area (Å²) in [6, 6.07) is 2.15. The molecule has 0 unspecified atom stereocenters. The SMILES string of the molecule is [2H]C1([2H])CC(C2CCC(c3cc(F)c(F)c(F)c3)CC2)CC([2H])([2H])C1CCC=C. The topological polar surface area (TPSA) is 0 Å². The van der Waals surface area contributed by atoms with Gasteiger partial charge in [-0.3, -0.25) is 0 Å². The summed E-state index contributed by atoms with van der Waals surface area (Å²) in [5, 5.41) is 0. The predicted molar refractivity (Wildman–Crippen MR) is 95.9 cm³/mol. The molecule has 1 aromatic rings. The van der Waals surface area contributed by atoms with E-state index in [2.05, 4.69) is 6.58 Å². The van der Waals surface area contributed by atoms with Gasteiger partial charge in [0.05, 0.1) is 0 Å². The summed E-state index contributed by atoms with van der Waals surface area (Å²) in [4.78, 5) is 0. The number of rotatable bonds is 5. The molecule has 0 atom stereocenters. The van der Waals surface area contributed by atoms with Crippen molar-refractivity contribution in [2.75, 3.05) is 0 Å². The highest BCUT2D eigenvalue weighted by molar-refractivity contribution is 5.23. The van der Waals surface area contributed by atoms with Crippen LogP contribution in [0.2, 0.25) is 0 Å². The van der Waals surface area contributed by atoms with Gasteiger partial charge in [0.15, 0.2) is 17.5 Å². The zero-order chi connectivity index (χ0) is 21.4. The lowest BCUT2D eigenvalue weighted by molar-refractivity contribution is 0.157. The van der Waals surface area contributed by atoms with E-state index in [4.69, 9.17) is 5.48 Å². The summed E-state index contributed by atoms with van der Waals surface area (Å²) in [5.41, 5.74) is 0.471. The summed E-state index contributed by atoms with van der Waals surface area (Å²) in [6.07, 6.45) is 3.27. The molecule has 2 saturated carbocycles. The first kappa shape index (κ1) is 13.9. The maximum atomic E-state index is 13.6. The predicted octanol–water partition coefficient (Wildman–Crippen LogP) is 7.15. The zero-order valence-corrected chi connectivity index (χ0v) is 14.5. The molecule has 3 rings (SSSR count). The van der Waals surface area contributed by atoms with Gasteiger partial charge in [-0.25, -0.2) is 13.2 Å². The molecule has 2 aliphatic rings.